The molecular weight excluding hydrogens is 390 g/mol. The predicted octanol–water partition coefficient (Wildman–Crippen LogP) is 3.47. The van der Waals surface area contributed by atoms with Crippen molar-refractivity contribution in [3.05, 3.63) is 16.4 Å². The number of carbonyl (C=O) groups excluding carboxylic acids is 2. The van der Waals surface area contributed by atoms with Crippen molar-refractivity contribution in [2.45, 2.75) is 52.2 Å². The Balaban J connectivity index is 1.83. The van der Waals surface area contributed by atoms with E-state index in [0.29, 0.717) is 35.8 Å². The average Bonchev–Trinajstić information content (AvgIpc) is 2.92. The van der Waals surface area contributed by atoms with Crippen molar-refractivity contribution >= 4 is 28.0 Å². The minimum absolute atomic E-state index is 0.241. The molecule has 0 unspecified atom stereocenters. The Kier molecular flexibility index (Phi) is 6.48. The quantitative estimate of drug-likeness (QED) is 0.703. The van der Waals surface area contributed by atoms with Gasteiger partial charge >= 0.3 is 12.1 Å². The van der Waals surface area contributed by atoms with Crippen molar-refractivity contribution in [1.29, 1.82) is 0 Å². The molecule has 0 aliphatic carbocycles. The second-order valence-electron chi connectivity index (χ2n) is 7.27. The lowest BCUT2D eigenvalue weighted by Gasteiger charge is -2.33. The number of nitrogens with zero attached hydrogens (tertiary/aromatic N) is 3. The van der Waals surface area contributed by atoms with E-state index < -0.39 is 11.6 Å². The van der Waals surface area contributed by atoms with Crippen LogP contribution in [0.25, 0.3) is 0 Å². The third-order valence-corrected chi connectivity index (χ3v) is 4.55. The maximum Gasteiger partial charge on any atom is 0.410 e. The van der Waals surface area contributed by atoms with Gasteiger partial charge in [-0.05, 0) is 61.9 Å². The highest BCUT2D eigenvalue weighted by molar-refractivity contribution is 9.10. The lowest BCUT2D eigenvalue weighted by molar-refractivity contribution is 0.0178. The summed E-state index contributed by atoms with van der Waals surface area (Å²) >= 11 is 3.30. The molecule has 0 radical (unpaired) electrons. The van der Waals surface area contributed by atoms with Crippen LogP contribution in [0.5, 0.6) is 0 Å². The Morgan fingerprint density at radius 2 is 1.96 bits per heavy atom. The van der Waals surface area contributed by atoms with Crippen LogP contribution < -0.4 is 0 Å². The number of hydrogen-bond acceptors (Lipinski definition) is 5. The minimum atomic E-state index is -0.467. The van der Waals surface area contributed by atoms with E-state index >= 15 is 0 Å². The molecule has 1 aliphatic rings. The number of halogens is 1. The molecule has 140 valence electrons. The SMILES string of the molecule is COC(=O)c1cc(Br)nn1CCC1CCN(C(=O)OC(C)(C)C)CC1. The van der Waals surface area contributed by atoms with Crippen LogP contribution in [0.3, 0.4) is 0 Å². The highest BCUT2D eigenvalue weighted by Crippen LogP contribution is 2.23. The van der Waals surface area contributed by atoms with Crippen LogP contribution in [0.2, 0.25) is 0 Å². The molecule has 2 heterocycles. The van der Waals surface area contributed by atoms with Gasteiger partial charge in [-0.2, -0.15) is 5.10 Å². The third kappa shape index (κ3) is 5.73. The van der Waals surface area contributed by atoms with Gasteiger partial charge in [-0.15, -0.1) is 0 Å². The Labute approximate surface area is 156 Å². The molecule has 0 saturated carbocycles. The topological polar surface area (TPSA) is 73.7 Å². The van der Waals surface area contributed by atoms with Crippen molar-refractivity contribution in [2.24, 2.45) is 5.92 Å². The molecule has 7 nitrogen and oxygen atoms in total. The number of piperidine rings is 1. The lowest BCUT2D eigenvalue weighted by Crippen LogP contribution is -2.41. The van der Waals surface area contributed by atoms with E-state index in [9.17, 15) is 9.59 Å². The zero-order valence-electron chi connectivity index (χ0n) is 15.2. The van der Waals surface area contributed by atoms with Gasteiger partial charge in [-0.25, -0.2) is 9.59 Å². The van der Waals surface area contributed by atoms with Gasteiger partial charge in [0.25, 0.3) is 0 Å². The number of amides is 1. The van der Waals surface area contributed by atoms with Gasteiger partial charge < -0.3 is 14.4 Å². The highest BCUT2D eigenvalue weighted by atomic mass is 79.9. The van der Waals surface area contributed by atoms with E-state index in [0.717, 1.165) is 19.3 Å². The fourth-order valence-electron chi connectivity index (χ4n) is 2.86. The first-order valence-electron chi connectivity index (χ1n) is 8.49. The summed E-state index contributed by atoms with van der Waals surface area (Å²) in [6.45, 7) is 7.67. The van der Waals surface area contributed by atoms with Gasteiger partial charge in [-0.1, -0.05) is 0 Å². The first-order chi connectivity index (χ1) is 11.7. The Morgan fingerprint density at radius 1 is 1.32 bits per heavy atom. The van der Waals surface area contributed by atoms with Crippen molar-refractivity contribution in [1.82, 2.24) is 14.7 Å². The number of esters is 1. The normalized spacial score (nSPS) is 16.0. The summed E-state index contributed by atoms with van der Waals surface area (Å²) in [6.07, 6.45) is 2.51. The molecule has 1 fully saturated rings. The van der Waals surface area contributed by atoms with Crippen molar-refractivity contribution in [2.75, 3.05) is 20.2 Å². The number of ether oxygens (including phenoxy) is 2. The number of aromatic nitrogens is 2. The lowest BCUT2D eigenvalue weighted by atomic mass is 9.94. The van der Waals surface area contributed by atoms with Crippen molar-refractivity contribution < 1.29 is 19.1 Å². The molecule has 1 amide bonds. The molecule has 0 N–H and O–H groups in total. The summed E-state index contributed by atoms with van der Waals surface area (Å²) in [5, 5.41) is 4.30. The number of carbonyl (C=O) groups is 2. The van der Waals surface area contributed by atoms with E-state index in [2.05, 4.69) is 21.0 Å². The van der Waals surface area contributed by atoms with Crippen molar-refractivity contribution in [3.63, 3.8) is 0 Å². The van der Waals surface area contributed by atoms with Crippen LogP contribution in [0, 0.1) is 5.92 Å². The second kappa shape index (κ2) is 8.21. The molecule has 0 atom stereocenters. The van der Waals surface area contributed by atoms with Gasteiger partial charge in [0.1, 0.15) is 15.9 Å². The Hall–Kier alpha value is -1.57. The zero-order chi connectivity index (χ0) is 18.6. The average molecular weight is 416 g/mol. The van der Waals surface area contributed by atoms with E-state index in [-0.39, 0.29) is 6.09 Å². The summed E-state index contributed by atoms with van der Waals surface area (Å²) in [5.74, 6) is 0.102. The molecule has 1 aromatic rings. The van der Waals surface area contributed by atoms with E-state index in [1.807, 2.05) is 20.8 Å². The van der Waals surface area contributed by atoms with Crippen LogP contribution in [0.1, 0.15) is 50.5 Å². The summed E-state index contributed by atoms with van der Waals surface area (Å²) in [4.78, 5) is 25.6. The number of hydrogen-bond donors (Lipinski definition) is 0. The van der Waals surface area contributed by atoms with Crippen LogP contribution in [0.4, 0.5) is 4.79 Å². The maximum atomic E-state index is 12.1. The fraction of sp³-hybridized carbons (Fsp3) is 0.706. The molecule has 1 aromatic heterocycles. The molecule has 1 aliphatic heterocycles. The number of aryl methyl sites for hydroxylation is 1. The van der Waals surface area contributed by atoms with Gasteiger partial charge in [0.15, 0.2) is 0 Å². The Morgan fingerprint density at radius 3 is 2.52 bits per heavy atom. The molecule has 25 heavy (non-hydrogen) atoms. The summed E-state index contributed by atoms with van der Waals surface area (Å²) in [6, 6.07) is 1.66. The standard InChI is InChI=1S/C17H26BrN3O4/c1-17(2,3)25-16(23)20-8-5-12(6-9-20)7-10-21-13(15(22)24-4)11-14(18)19-21/h11-12H,5-10H2,1-4H3. The number of methoxy groups -OCH3 is 1. The molecule has 2 rings (SSSR count). The first-order valence-corrected chi connectivity index (χ1v) is 9.28. The summed E-state index contributed by atoms with van der Waals surface area (Å²) < 4.78 is 12.5. The monoisotopic (exact) mass is 415 g/mol. The third-order valence-electron chi connectivity index (χ3n) is 4.16. The number of rotatable bonds is 4. The molecule has 0 bridgehead atoms. The van der Waals surface area contributed by atoms with Crippen LogP contribution in [-0.2, 0) is 16.0 Å². The molecular formula is C17H26BrN3O4. The zero-order valence-corrected chi connectivity index (χ0v) is 16.8. The fourth-order valence-corrected chi connectivity index (χ4v) is 3.27. The van der Waals surface area contributed by atoms with Crippen molar-refractivity contribution in [3.8, 4) is 0 Å². The Bertz CT molecular complexity index is 616. The highest BCUT2D eigenvalue weighted by Gasteiger charge is 2.27. The van der Waals surface area contributed by atoms with Gasteiger partial charge in [-0.3, -0.25) is 4.68 Å². The summed E-state index contributed by atoms with van der Waals surface area (Å²) in [5.41, 5.74) is -0.0216. The minimum Gasteiger partial charge on any atom is -0.464 e. The van der Waals surface area contributed by atoms with Crippen LogP contribution in [-0.4, -0.2) is 52.5 Å². The van der Waals surface area contributed by atoms with E-state index in [4.69, 9.17) is 9.47 Å². The predicted molar refractivity (Wildman–Crippen MR) is 96.4 cm³/mol. The van der Waals surface area contributed by atoms with Gasteiger partial charge in [0.05, 0.1) is 7.11 Å². The second-order valence-corrected chi connectivity index (χ2v) is 8.08. The van der Waals surface area contributed by atoms with Crippen LogP contribution in [0.15, 0.2) is 10.7 Å². The first kappa shape index (κ1) is 19.8. The van der Waals surface area contributed by atoms with Gasteiger partial charge in [0.2, 0.25) is 0 Å². The number of likely N-dealkylation sites (tertiary alicyclic amines) is 1. The molecule has 8 heteroatoms. The molecule has 1 saturated heterocycles. The van der Waals surface area contributed by atoms with Gasteiger partial charge in [0, 0.05) is 25.7 Å². The molecule has 0 aromatic carbocycles. The largest absolute Gasteiger partial charge is 0.464 e. The van der Waals surface area contributed by atoms with Crippen LogP contribution >= 0.6 is 15.9 Å². The molecule has 0 spiro atoms. The maximum absolute atomic E-state index is 12.1. The smallest absolute Gasteiger partial charge is 0.410 e. The van der Waals surface area contributed by atoms with E-state index in [1.165, 1.54) is 7.11 Å². The summed E-state index contributed by atoms with van der Waals surface area (Å²) in [7, 11) is 1.36. The van der Waals surface area contributed by atoms with E-state index in [1.54, 1.807) is 15.6 Å².